The van der Waals surface area contributed by atoms with Crippen LogP contribution in [0.2, 0.25) is 0 Å². The summed E-state index contributed by atoms with van der Waals surface area (Å²) in [4.78, 5) is 16.5. The van der Waals surface area contributed by atoms with E-state index in [2.05, 4.69) is 20.0 Å². The first-order chi connectivity index (χ1) is 11.6. The highest BCUT2D eigenvalue weighted by molar-refractivity contribution is 5.91. The van der Waals surface area contributed by atoms with Crippen LogP contribution in [-0.4, -0.2) is 25.2 Å². The maximum atomic E-state index is 12.3. The van der Waals surface area contributed by atoms with Crippen molar-refractivity contribution in [3.63, 3.8) is 0 Å². The van der Waals surface area contributed by atoms with Gasteiger partial charge in [0.15, 0.2) is 0 Å². The molecule has 1 amide bonds. The predicted octanol–water partition coefficient (Wildman–Crippen LogP) is 2.54. The molecule has 0 bridgehead atoms. The van der Waals surface area contributed by atoms with Crippen LogP contribution in [0.25, 0.3) is 0 Å². The molecule has 6 nitrogen and oxygen atoms in total. The molecule has 0 saturated carbocycles. The van der Waals surface area contributed by atoms with Crippen molar-refractivity contribution in [2.24, 2.45) is 7.05 Å². The van der Waals surface area contributed by atoms with Gasteiger partial charge >= 0.3 is 0 Å². The minimum Gasteiger partial charge on any atom is -0.331 e. The van der Waals surface area contributed by atoms with Gasteiger partial charge in [-0.1, -0.05) is 18.2 Å². The minimum atomic E-state index is 0.00556. The molecule has 1 N–H and O–H groups in total. The van der Waals surface area contributed by atoms with Crippen molar-refractivity contribution < 1.29 is 4.79 Å². The van der Waals surface area contributed by atoms with E-state index in [4.69, 9.17) is 0 Å². The average Bonchev–Trinajstić information content (AvgIpc) is 3.16. The molecule has 1 aromatic carbocycles. The lowest BCUT2D eigenvalue weighted by Crippen LogP contribution is -2.15. The Labute approximate surface area is 141 Å². The second kappa shape index (κ2) is 7.12. The lowest BCUT2D eigenvalue weighted by atomic mass is 10.1. The van der Waals surface area contributed by atoms with Crippen LogP contribution in [-0.2, 0) is 24.8 Å². The Morgan fingerprint density at radius 3 is 2.75 bits per heavy atom. The fraction of sp³-hybridized carbons (Fsp3) is 0.278. The summed E-state index contributed by atoms with van der Waals surface area (Å²) in [6, 6.07) is 9.80. The Bertz CT molecular complexity index is 833. The minimum absolute atomic E-state index is 0.00556. The molecule has 124 valence electrons. The van der Waals surface area contributed by atoms with E-state index in [1.54, 1.807) is 17.1 Å². The van der Waals surface area contributed by atoms with Gasteiger partial charge in [-0.2, -0.15) is 5.10 Å². The number of carbonyl (C=O) groups excluding carboxylic acids is 1. The third-order valence-electron chi connectivity index (χ3n) is 4.09. The van der Waals surface area contributed by atoms with E-state index in [0.29, 0.717) is 19.4 Å². The van der Waals surface area contributed by atoms with Crippen LogP contribution >= 0.6 is 0 Å². The van der Waals surface area contributed by atoms with Gasteiger partial charge in [0.05, 0.1) is 6.54 Å². The van der Waals surface area contributed by atoms with E-state index in [1.807, 2.05) is 50.5 Å². The molecule has 0 atom stereocenters. The molecule has 0 aliphatic rings. The maximum absolute atomic E-state index is 12.3. The quantitative estimate of drug-likeness (QED) is 0.758. The van der Waals surface area contributed by atoms with Gasteiger partial charge in [0.1, 0.15) is 5.82 Å². The molecule has 0 unspecified atom stereocenters. The fourth-order valence-corrected chi connectivity index (χ4v) is 2.64. The molecule has 6 heteroatoms. The normalized spacial score (nSPS) is 10.8. The molecule has 0 aliphatic heterocycles. The van der Waals surface area contributed by atoms with Crippen molar-refractivity contribution >= 4 is 11.6 Å². The number of aryl methyl sites for hydroxylation is 3. The van der Waals surface area contributed by atoms with E-state index >= 15 is 0 Å². The molecule has 0 fully saturated rings. The summed E-state index contributed by atoms with van der Waals surface area (Å²) in [6.07, 6.45) is 6.57. The molecule has 2 aromatic heterocycles. The van der Waals surface area contributed by atoms with Crippen LogP contribution in [0, 0.1) is 6.92 Å². The Balaban J connectivity index is 1.65. The first-order valence-corrected chi connectivity index (χ1v) is 7.96. The number of nitrogens with one attached hydrogen (secondary N) is 1. The van der Waals surface area contributed by atoms with Gasteiger partial charge in [0, 0.05) is 43.4 Å². The van der Waals surface area contributed by atoms with Gasteiger partial charge in [-0.15, -0.1) is 0 Å². The first kappa shape index (κ1) is 16.0. The summed E-state index contributed by atoms with van der Waals surface area (Å²) < 4.78 is 3.85. The lowest BCUT2D eigenvalue weighted by Gasteiger charge is -2.12. The van der Waals surface area contributed by atoms with Gasteiger partial charge in [-0.3, -0.25) is 9.48 Å². The Kier molecular flexibility index (Phi) is 4.74. The monoisotopic (exact) mass is 323 g/mol. The number of amides is 1. The Morgan fingerprint density at radius 1 is 1.21 bits per heavy atom. The SMILES string of the molecule is Cc1nccn1Cc1ccccc1NC(=O)CCc1ccnn1C. The smallest absolute Gasteiger partial charge is 0.224 e. The molecular formula is C18H21N5O. The largest absolute Gasteiger partial charge is 0.331 e. The number of anilines is 1. The van der Waals surface area contributed by atoms with E-state index in [0.717, 1.165) is 22.8 Å². The third kappa shape index (κ3) is 3.71. The van der Waals surface area contributed by atoms with Crippen LogP contribution in [0.3, 0.4) is 0 Å². The summed E-state index contributed by atoms with van der Waals surface area (Å²) in [6.45, 7) is 2.65. The number of para-hydroxylation sites is 1. The molecule has 0 spiro atoms. The highest BCUT2D eigenvalue weighted by Gasteiger charge is 2.09. The van der Waals surface area contributed by atoms with Crippen LogP contribution in [0.4, 0.5) is 5.69 Å². The number of rotatable bonds is 6. The highest BCUT2D eigenvalue weighted by Crippen LogP contribution is 2.17. The Hall–Kier alpha value is -2.89. The molecule has 24 heavy (non-hydrogen) atoms. The predicted molar refractivity (Wildman–Crippen MR) is 92.7 cm³/mol. The summed E-state index contributed by atoms with van der Waals surface area (Å²) in [5.74, 6) is 0.957. The van der Waals surface area contributed by atoms with Gasteiger partial charge in [-0.25, -0.2) is 4.98 Å². The number of aromatic nitrogens is 4. The van der Waals surface area contributed by atoms with Crippen molar-refractivity contribution in [3.05, 3.63) is 66.0 Å². The Morgan fingerprint density at radius 2 is 2.04 bits per heavy atom. The van der Waals surface area contributed by atoms with Crippen LogP contribution in [0.15, 0.2) is 48.9 Å². The van der Waals surface area contributed by atoms with Crippen molar-refractivity contribution in [3.8, 4) is 0 Å². The third-order valence-corrected chi connectivity index (χ3v) is 4.09. The van der Waals surface area contributed by atoms with Gasteiger partial charge < -0.3 is 9.88 Å². The fourth-order valence-electron chi connectivity index (χ4n) is 2.64. The number of carbonyl (C=O) groups is 1. The molecule has 3 aromatic rings. The van der Waals surface area contributed by atoms with Crippen LogP contribution in [0.1, 0.15) is 23.5 Å². The topological polar surface area (TPSA) is 64.7 Å². The molecule has 3 rings (SSSR count). The summed E-state index contributed by atoms with van der Waals surface area (Å²) in [7, 11) is 1.88. The molecular weight excluding hydrogens is 302 g/mol. The van der Waals surface area contributed by atoms with E-state index in [-0.39, 0.29) is 5.91 Å². The van der Waals surface area contributed by atoms with Gasteiger partial charge in [-0.05, 0) is 31.0 Å². The van der Waals surface area contributed by atoms with Gasteiger partial charge in [0.2, 0.25) is 5.91 Å². The molecule has 2 heterocycles. The molecule has 0 aliphatic carbocycles. The number of imidazole rings is 1. The average molecular weight is 323 g/mol. The zero-order valence-corrected chi connectivity index (χ0v) is 13.9. The standard InChI is InChI=1S/C18H21N5O/c1-14-19-11-12-23(14)13-15-5-3-4-6-17(15)21-18(24)8-7-16-9-10-20-22(16)2/h3-6,9-12H,7-8,13H2,1-2H3,(H,21,24). The zero-order valence-electron chi connectivity index (χ0n) is 13.9. The van der Waals surface area contributed by atoms with Gasteiger partial charge in [0.25, 0.3) is 0 Å². The van der Waals surface area contributed by atoms with Crippen molar-refractivity contribution in [1.82, 2.24) is 19.3 Å². The zero-order chi connectivity index (χ0) is 16.9. The maximum Gasteiger partial charge on any atom is 0.224 e. The van der Waals surface area contributed by atoms with Crippen molar-refractivity contribution in [1.29, 1.82) is 0 Å². The van der Waals surface area contributed by atoms with Crippen LogP contribution < -0.4 is 5.32 Å². The van der Waals surface area contributed by atoms with Crippen molar-refractivity contribution in [2.45, 2.75) is 26.3 Å². The van der Waals surface area contributed by atoms with E-state index in [1.165, 1.54) is 0 Å². The number of hydrogen-bond acceptors (Lipinski definition) is 3. The van der Waals surface area contributed by atoms with Crippen LogP contribution in [0.5, 0.6) is 0 Å². The second-order valence-corrected chi connectivity index (χ2v) is 5.75. The second-order valence-electron chi connectivity index (χ2n) is 5.75. The van der Waals surface area contributed by atoms with E-state index < -0.39 is 0 Å². The number of nitrogens with zero attached hydrogens (tertiary/aromatic N) is 4. The molecule has 0 radical (unpaired) electrons. The van der Waals surface area contributed by atoms with Crippen molar-refractivity contribution in [2.75, 3.05) is 5.32 Å². The number of hydrogen-bond donors (Lipinski definition) is 1. The summed E-state index contributed by atoms with van der Waals surface area (Å²) in [5, 5.41) is 7.14. The lowest BCUT2D eigenvalue weighted by molar-refractivity contribution is -0.116. The number of benzene rings is 1. The highest BCUT2D eigenvalue weighted by atomic mass is 16.1. The summed E-state index contributed by atoms with van der Waals surface area (Å²) >= 11 is 0. The van der Waals surface area contributed by atoms with E-state index in [9.17, 15) is 4.79 Å². The summed E-state index contributed by atoms with van der Waals surface area (Å²) in [5.41, 5.74) is 2.96. The first-order valence-electron chi connectivity index (χ1n) is 7.96. The molecule has 0 saturated heterocycles.